The molecule has 3 aromatic rings. The van der Waals surface area contributed by atoms with Crippen molar-refractivity contribution in [3.63, 3.8) is 0 Å². The van der Waals surface area contributed by atoms with Gasteiger partial charge in [0, 0.05) is 19.3 Å². The first-order valence-electron chi connectivity index (χ1n) is 9.37. The molecule has 1 amide bonds. The third kappa shape index (κ3) is 2.71. The molecule has 140 valence electrons. The fraction of sp³-hybridized carbons (Fsp3) is 0.474. The fourth-order valence-corrected chi connectivity index (χ4v) is 4.26. The van der Waals surface area contributed by atoms with Gasteiger partial charge in [-0.05, 0) is 44.7 Å². The molecule has 1 N–H and O–H groups in total. The zero-order valence-corrected chi connectivity index (χ0v) is 15.4. The molecule has 27 heavy (non-hydrogen) atoms. The molecular formula is C19H22N6O2. The smallest absolute Gasteiger partial charge is 0.274 e. The second-order valence-electron chi connectivity index (χ2n) is 7.45. The Hall–Kier alpha value is -2.74. The molecule has 2 aliphatic heterocycles. The van der Waals surface area contributed by atoms with Crippen LogP contribution in [-0.4, -0.2) is 54.6 Å². The number of hydrogen-bond acceptors (Lipinski definition) is 5. The summed E-state index contributed by atoms with van der Waals surface area (Å²) in [6, 6.07) is 5.79. The number of rotatable bonds is 2. The zero-order chi connectivity index (χ0) is 18.5. The van der Waals surface area contributed by atoms with Crippen LogP contribution in [0, 0.1) is 19.8 Å². The number of fused-ring (bicyclic) bond motifs is 2. The summed E-state index contributed by atoms with van der Waals surface area (Å²) >= 11 is 0. The number of nitrogens with one attached hydrogen (secondary N) is 1. The van der Waals surface area contributed by atoms with E-state index in [0.29, 0.717) is 18.2 Å². The summed E-state index contributed by atoms with van der Waals surface area (Å²) in [4.78, 5) is 23.9. The Balaban J connectivity index is 1.34. The molecule has 5 rings (SSSR count). The lowest BCUT2D eigenvalue weighted by atomic mass is 9.91. The van der Waals surface area contributed by atoms with E-state index < -0.39 is 0 Å². The van der Waals surface area contributed by atoms with E-state index in [4.69, 9.17) is 4.74 Å². The number of pyridine rings is 1. The van der Waals surface area contributed by atoms with Gasteiger partial charge in [-0.1, -0.05) is 6.07 Å². The van der Waals surface area contributed by atoms with Gasteiger partial charge in [0.25, 0.3) is 5.91 Å². The van der Waals surface area contributed by atoms with Crippen LogP contribution in [0.3, 0.4) is 0 Å². The summed E-state index contributed by atoms with van der Waals surface area (Å²) in [6.45, 7) is 5.15. The summed E-state index contributed by atoms with van der Waals surface area (Å²) < 4.78 is 8.16. The molecule has 2 aliphatic rings. The number of imidazole rings is 1. The van der Waals surface area contributed by atoms with Crippen LogP contribution in [0.25, 0.3) is 5.65 Å². The Morgan fingerprint density at radius 2 is 2.19 bits per heavy atom. The van der Waals surface area contributed by atoms with Crippen LogP contribution in [0.5, 0.6) is 0 Å². The molecule has 8 heteroatoms. The largest absolute Gasteiger partial charge is 0.365 e. The molecule has 2 saturated heterocycles. The highest BCUT2D eigenvalue weighted by Gasteiger charge is 2.42. The van der Waals surface area contributed by atoms with Crippen molar-refractivity contribution in [1.29, 1.82) is 0 Å². The summed E-state index contributed by atoms with van der Waals surface area (Å²) in [5.74, 6) is 1.94. The number of likely N-dealkylation sites (tertiary alicyclic amines) is 1. The highest BCUT2D eigenvalue weighted by atomic mass is 16.5. The minimum atomic E-state index is -0.0862. The SMILES string of the molecule is Cc1nc([C@H]2CC3CCN(C(=O)c4nc5ccccn5c4C)C[C@H]3O2)n[nH]1. The maximum atomic E-state index is 13.1. The minimum Gasteiger partial charge on any atom is -0.365 e. The first kappa shape index (κ1) is 16.4. The van der Waals surface area contributed by atoms with Crippen LogP contribution < -0.4 is 0 Å². The number of amides is 1. The van der Waals surface area contributed by atoms with Gasteiger partial charge >= 0.3 is 0 Å². The van der Waals surface area contributed by atoms with Crippen molar-refractivity contribution in [2.24, 2.45) is 5.92 Å². The molecule has 3 atom stereocenters. The van der Waals surface area contributed by atoms with Gasteiger partial charge in [-0.3, -0.25) is 9.89 Å². The van der Waals surface area contributed by atoms with E-state index in [1.165, 1.54) is 0 Å². The average molecular weight is 366 g/mol. The third-order valence-electron chi connectivity index (χ3n) is 5.71. The number of carbonyl (C=O) groups is 1. The lowest BCUT2D eigenvalue weighted by molar-refractivity contribution is -0.00699. The standard InChI is InChI=1S/C19H22N6O2/c1-11-17(21-16-5-3-4-7-25(11)16)19(26)24-8-6-13-9-14(27-15(13)10-24)18-20-12(2)22-23-18/h3-5,7,13-15H,6,8-10H2,1-2H3,(H,20,22,23)/t13?,14-,15-/m1/s1. The summed E-state index contributed by atoms with van der Waals surface area (Å²) in [7, 11) is 0. The number of ether oxygens (including phenoxy) is 1. The summed E-state index contributed by atoms with van der Waals surface area (Å²) in [5.41, 5.74) is 2.20. The van der Waals surface area contributed by atoms with E-state index in [1.54, 1.807) is 0 Å². The molecule has 0 radical (unpaired) electrons. The van der Waals surface area contributed by atoms with E-state index in [0.717, 1.165) is 42.4 Å². The van der Waals surface area contributed by atoms with Gasteiger partial charge in [0.05, 0.1) is 11.8 Å². The molecule has 0 aliphatic carbocycles. The quantitative estimate of drug-likeness (QED) is 0.750. The molecule has 0 spiro atoms. The number of hydrogen-bond donors (Lipinski definition) is 1. The fourth-order valence-electron chi connectivity index (χ4n) is 4.26. The Kier molecular flexibility index (Phi) is 3.75. The molecule has 2 fully saturated rings. The maximum absolute atomic E-state index is 13.1. The zero-order valence-electron chi connectivity index (χ0n) is 15.4. The number of aromatic amines is 1. The van der Waals surface area contributed by atoms with Crippen LogP contribution in [0.15, 0.2) is 24.4 Å². The van der Waals surface area contributed by atoms with Crippen LogP contribution >= 0.6 is 0 Å². The van der Waals surface area contributed by atoms with Gasteiger partial charge in [0.1, 0.15) is 23.3 Å². The highest BCUT2D eigenvalue weighted by molar-refractivity contribution is 5.94. The van der Waals surface area contributed by atoms with Crippen LogP contribution in [-0.2, 0) is 4.74 Å². The van der Waals surface area contributed by atoms with Gasteiger partial charge in [-0.25, -0.2) is 9.97 Å². The number of piperidine rings is 1. The lowest BCUT2D eigenvalue weighted by Gasteiger charge is -2.33. The van der Waals surface area contributed by atoms with Crippen molar-refractivity contribution in [3.8, 4) is 0 Å². The Morgan fingerprint density at radius 1 is 1.30 bits per heavy atom. The normalized spacial score (nSPS) is 25.1. The monoisotopic (exact) mass is 366 g/mol. The van der Waals surface area contributed by atoms with E-state index in [-0.39, 0.29) is 18.1 Å². The third-order valence-corrected chi connectivity index (χ3v) is 5.71. The molecule has 0 aromatic carbocycles. The molecule has 0 saturated carbocycles. The second-order valence-corrected chi connectivity index (χ2v) is 7.45. The maximum Gasteiger partial charge on any atom is 0.274 e. The topological polar surface area (TPSA) is 88.4 Å². The van der Waals surface area contributed by atoms with Crippen molar-refractivity contribution in [2.75, 3.05) is 13.1 Å². The van der Waals surface area contributed by atoms with Crippen molar-refractivity contribution in [2.45, 2.75) is 38.9 Å². The predicted octanol–water partition coefficient (Wildman–Crippen LogP) is 2.06. The van der Waals surface area contributed by atoms with Crippen molar-refractivity contribution in [1.82, 2.24) is 29.5 Å². The van der Waals surface area contributed by atoms with E-state index in [1.807, 2.05) is 47.5 Å². The predicted molar refractivity (Wildman–Crippen MR) is 97.3 cm³/mol. The molecular weight excluding hydrogens is 344 g/mol. The molecule has 5 heterocycles. The minimum absolute atomic E-state index is 0.0181. The number of aryl methyl sites for hydroxylation is 2. The number of nitrogens with zero attached hydrogens (tertiary/aromatic N) is 5. The van der Waals surface area contributed by atoms with Gasteiger partial charge < -0.3 is 14.0 Å². The van der Waals surface area contributed by atoms with Crippen molar-refractivity contribution >= 4 is 11.6 Å². The lowest BCUT2D eigenvalue weighted by Crippen LogP contribution is -2.45. The van der Waals surface area contributed by atoms with Crippen LogP contribution in [0.2, 0.25) is 0 Å². The van der Waals surface area contributed by atoms with Gasteiger partial charge in [0.15, 0.2) is 5.82 Å². The second kappa shape index (κ2) is 6.16. The Morgan fingerprint density at radius 3 is 2.96 bits per heavy atom. The van der Waals surface area contributed by atoms with Crippen LogP contribution in [0.1, 0.15) is 46.8 Å². The van der Waals surface area contributed by atoms with E-state index >= 15 is 0 Å². The number of aromatic nitrogens is 5. The first-order valence-corrected chi connectivity index (χ1v) is 9.37. The average Bonchev–Trinajstić information content (AvgIpc) is 3.38. The summed E-state index contributed by atoms with van der Waals surface area (Å²) in [6.07, 6.45) is 3.73. The first-order chi connectivity index (χ1) is 13.1. The number of H-pyrrole nitrogens is 1. The van der Waals surface area contributed by atoms with Crippen molar-refractivity contribution in [3.05, 3.63) is 47.4 Å². The van der Waals surface area contributed by atoms with Gasteiger partial charge in [0.2, 0.25) is 0 Å². The molecule has 0 bridgehead atoms. The highest BCUT2D eigenvalue weighted by Crippen LogP contribution is 2.40. The Labute approximate surface area is 156 Å². The van der Waals surface area contributed by atoms with E-state index in [2.05, 4.69) is 20.2 Å². The van der Waals surface area contributed by atoms with Gasteiger partial charge in [-0.2, -0.15) is 5.10 Å². The Bertz CT molecular complexity index is 1010. The van der Waals surface area contributed by atoms with E-state index in [9.17, 15) is 4.79 Å². The van der Waals surface area contributed by atoms with Crippen molar-refractivity contribution < 1.29 is 9.53 Å². The molecule has 8 nitrogen and oxygen atoms in total. The van der Waals surface area contributed by atoms with Gasteiger partial charge in [-0.15, -0.1) is 0 Å². The summed E-state index contributed by atoms with van der Waals surface area (Å²) in [5, 5.41) is 7.12. The molecule has 1 unspecified atom stereocenters. The van der Waals surface area contributed by atoms with Crippen LogP contribution in [0.4, 0.5) is 0 Å². The number of carbonyl (C=O) groups excluding carboxylic acids is 1. The molecule has 3 aromatic heterocycles.